The van der Waals surface area contributed by atoms with Crippen molar-refractivity contribution in [2.24, 2.45) is 0 Å². The van der Waals surface area contributed by atoms with Crippen molar-refractivity contribution in [2.45, 2.75) is 12.4 Å². The second-order valence-electron chi connectivity index (χ2n) is 3.23. The number of rotatable bonds is 2. The molecule has 0 aromatic heterocycles. The molecule has 0 spiro atoms. The highest BCUT2D eigenvalue weighted by Crippen LogP contribution is 2.29. The lowest BCUT2D eigenvalue weighted by Crippen LogP contribution is -2.30. The highest BCUT2D eigenvalue weighted by molar-refractivity contribution is 6.45. The van der Waals surface area contributed by atoms with Crippen LogP contribution in [0.15, 0.2) is 24.3 Å². The van der Waals surface area contributed by atoms with Gasteiger partial charge in [0.05, 0.1) is 5.56 Å². The van der Waals surface area contributed by atoms with Crippen molar-refractivity contribution >= 4 is 11.6 Å². The van der Waals surface area contributed by atoms with Crippen LogP contribution in [0, 0.1) is 0 Å². The molecule has 0 heterocycles. The van der Waals surface area contributed by atoms with E-state index >= 15 is 0 Å². The molecule has 0 aliphatic heterocycles. The molecular formula is C10H4F6O2. The first kappa shape index (κ1) is 14.2. The van der Waals surface area contributed by atoms with Crippen LogP contribution in [0.4, 0.5) is 26.3 Å². The van der Waals surface area contributed by atoms with Gasteiger partial charge in [0.15, 0.2) is 0 Å². The second-order valence-corrected chi connectivity index (χ2v) is 3.23. The maximum Gasteiger partial charge on any atom is 0.458 e. The van der Waals surface area contributed by atoms with Crippen LogP contribution < -0.4 is 0 Å². The molecule has 0 saturated carbocycles. The van der Waals surface area contributed by atoms with Crippen LogP contribution in [0.3, 0.4) is 0 Å². The summed E-state index contributed by atoms with van der Waals surface area (Å²) in [6, 6.07) is 1.90. The summed E-state index contributed by atoms with van der Waals surface area (Å²) in [5, 5.41) is 0. The third-order valence-electron chi connectivity index (χ3n) is 1.94. The monoisotopic (exact) mass is 270 g/mol. The molecule has 0 amide bonds. The molecule has 8 heteroatoms. The fourth-order valence-corrected chi connectivity index (χ4v) is 1.07. The highest BCUT2D eigenvalue weighted by Gasteiger charge is 2.43. The molecule has 0 aliphatic rings. The standard InChI is InChI=1S/C10H4F6O2/c11-9(12,13)6-3-1-5(2-4-6)7(17)8(18)10(14,15)16/h1-4H. The van der Waals surface area contributed by atoms with Crippen molar-refractivity contribution in [1.82, 2.24) is 0 Å². The summed E-state index contributed by atoms with van der Waals surface area (Å²) in [6.45, 7) is 0. The van der Waals surface area contributed by atoms with Gasteiger partial charge in [-0.05, 0) is 12.1 Å². The zero-order valence-corrected chi connectivity index (χ0v) is 8.39. The maximum atomic E-state index is 12.1. The van der Waals surface area contributed by atoms with E-state index in [1.807, 2.05) is 0 Å². The third-order valence-corrected chi connectivity index (χ3v) is 1.94. The van der Waals surface area contributed by atoms with Crippen LogP contribution in [0.2, 0.25) is 0 Å². The lowest BCUT2D eigenvalue weighted by atomic mass is 10.0. The summed E-state index contributed by atoms with van der Waals surface area (Å²) in [4.78, 5) is 21.6. The first-order chi connectivity index (χ1) is 8.03. The smallest absolute Gasteiger partial charge is 0.285 e. The number of benzene rings is 1. The van der Waals surface area contributed by atoms with E-state index < -0.39 is 35.0 Å². The van der Waals surface area contributed by atoms with Gasteiger partial charge in [-0.3, -0.25) is 9.59 Å². The summed E-state index contributed by atoms with van der Waals surface area (Å²) in [6.07, 6.45) is -10.0. The Kier molecular flexibility index (Phi) is 3.50. The molecule has 18 heavy (non-hydrogen) atoms. The quantitative estimate of drug-likeness (QED) is 0.470. The third kappa shape index (κ3) is 3.08. The van der Waals surface area contributed by atoms with Gasteiger partial charge >= 0.3 is 18.1 Å². The van der Waals surface area contributed by atoms with Gasteiger partial charge in [-0.2, -0.15) is 26.3 Å². The van der Waals surface area contributed by atoms with Crippen molar-refractivity contribution < 1.29 is 35.9 Å². The molecule has 98 valence electrons. The Morgan fingerprint density at radius 1 is 0.833 bits per heavy atom. The predicted octanol–water partition coefficient (Wildman–Crippen LogP) is 3.02. The molecule has 1 aromatic rings. The van der Waals surface area contributed by atoms with E-state index in [0.717, 1.165) is 0 Å². The summed E-state index contributed by atoms with van der Waals surface area (Å²) >= 11 is 0. The average Bonchev–Trinajstić information content (AvgIpc) is 2.25. The minimum atomic E-state index is -5.35. The fourth-order valence-electron chi connectivity index (χ4n) is 1.07. The van der Waals surface area contributed by atoms with Gasteiger partial charge in [-0.15, -0.1) is 0 Å². The van der Waals surface area contributed by atoms with E-state index in [1.54, 1.807) is 0 Å². The molecule has 0 bridgehead atoms. The molecule has 0 N–H and O–H groups in total. The molecule has 0 radical (unpaired) electrons. The van der Waals surface area contributed by atoms with Crippen LogP contribution >= 0.6 is 0 Å². The maximum absolute atomic E-state index is 12.1. The van der Waals surface area contributed by atoms with E-state index in [2.05, 4.69) is 0 Å². The van der Waals surface area contributed by atoms with Gasteiger partial charge in [-0.25, -0.2) is 0 Å². The number of alkyl halides is 6. The zero-order chi connectivity index (χ0) is 14.1. The average molecular weight is 270 g/mol. The summed E-state index contributed by atoms with van der Waals surface area (Å²) in [5.74, 6) is -4.52. The molecule has 0 unspecified atom stereocenters. The van der Waals surface area contributed by atoms with Crippen molar-refractivity contribution in [3.63, 3.8) is 0 Å². The molecular weight excluding hydrogens is 266 g/mol. The SMILES string of the molecule is O=C(C(=O)C(F)(F)F)c1ccc(C(F)(F)F)cc1. The minimum Gasteiger partial charge on any atom is -0.285 e. The Morgan fingerprint density at radius 3 is 1.61 bits per heavy atom. The van der Waals surface area contributed by atoms with Gasteiger partial charge in [0.25, 0.3) is 0 Å². The number of hydrogen-bond acceptors (Lipinski definition) is 2. The summed E-state index contributed by atoms with van der Waals surface area (Å²) < 4.78 is 72.1. The minimum absolute atomic E-state index is 0.427. The van der Waals surface area contributed by atoms with Crippen LogP contribution in [-0.2, 0) is 11.0 Å². The molecule has 1 rings (SSSR count). The van der Waals surface area contributed by atoms with E-state index in [0.29, 0.717) is 24.3 Å². The van der Waals surface area contributed by atoms with Gasteiger partial charge in [-0.1, -0.05) is 12.1 Å². The van der Waals surface area contributed by atoms with E-state index in [4.69, 9.17) is 0 Å². The van der Waals surface area contributed by atoms with Crippen LogP contribution in [0.5, 0.6) is 0 Å². The normalized spacial score (nSPS) is 12.3. The lowest BCUT2D eigenvalue weighted by Gasteiger charge is -2.07. The van der Waals surface area contributed by atoms with Gasteiger partial charge in [0.1, 0.15) is 0 Å². The highest BCUT2D eigenvalue weighted by atomic mass is 19.4. The first-order valence-electron chi connectivity index (χ1n) is 4.36. The molecule has 0 fully saturated rings. The number of Topliss-reactive ketones (excluding diaryl/α,β-unsaturated/α-hetero) is 2. The van der Waals surface area contributed by atoms with Crippen molar-refractivity contribution in [2.75, 3.05) is 0 Å². The molecule has 0 saturated heterocycles. The Labute approximate surface area is 96.2 Å². The summed E-state index contributed by atoms with van der Waals surface area (Å²) in [7, 11) is 0. The number of ketones is 2. The van der Waals surface area contributed by atoms with Gasteiger partial charge < -0.3 is 0 Å². The summed E-state index contributed by atoms with van der Waals surface area (Å²) in [5.41, 5.74) is -1.87. The molecule has 1 aromatic carbocycles. The Bertz CT molecular complexity index is 469. The van der Waals surface area contributed by atoms with E-state index in [9.17, 15) is 35.9 Å². The van der Waals surface area contributed by atoms with Crippen LogP contribution in [0.1, 0.15) is 15.9 Å². The van der Waals surface area contributed by atoms with Gasteiger partial charge in [0, 0.05) is 5.56 Å². The molecule has 0 atom stereocenters. The Morgan fingerprint density at radius 2 is 1.28 bits per heavy atom. The number of hydrogen-bond donors (Lipinski definition) is 0. The molecule has 0 aliphatic carbocycles. The van der Waals surface area contributed by atoms with E-state index in [-0.39, 0.29) is 0 Å². The van der Waals surface area contributed by atoms with Crippen LogP contribution in [0.25, 0.3) is 0 Å². The predicted molar refractivity (Wildman–Crippen MR) is 46.8 cm³/mol. The number of carbonyl (C=O) groups excluding carboxylic acids is 2. The number of halogens is 6. The number of carbonyl (C=O) groups is 2. The fraction of sp³-hybridized carbons (Fsp3) is 0.200. The topological polar surface area (TPSA) is 34.1 Å². The van der Waals surface area contributed by atoms with Crippen molar-refractivity contribution in [3.05, 3.63) is 35.4 Å². The largest absolute Gasteiger partial charge is 0.458 e. The Balaban J connectivity index is 3.00. The first-order valence-corrected chi connectivity index (χ1v) is 4.36. The molecule has 2 nitrogen and oxygen atoms in total. The van der Waals surface area contributed by atoms with E-state index in [1.165, 1.54) is 0 Å². The van der Waals surface area contributed by atoms with Crippen LogP contribution in [-0.4, -0.2) is 17.7 Å². The van der Waals surface area contributed by atoms with Crippen molar-refractivity contribution in [1.29, 1.82) is 0 Å². The second kappa shape index (κ2) is 4.43. The van der Waals surface area contributed by atoms with Crippen molar-refractivity contribution in [3.8, 4) is 0 Å². The van der Waals surface area contributed by atoms with Gasteiger partial charge in [0.2, 0.25) is 5.78 Å². The Hall–Kier alpha value is -1.86. The zero-order valence-electron chi connectivity index (χ0n) is 8.39. The lowest BCUT2D eigenvalue weighted by molar-refractivity contribution is -0.165.